The van der Waals surface area contributed by atoms with Crippen molar-refractivity contribution in [1.82, 2.24) is 4.98 Å². The maximum absolute atomic E-state index is 5.87. The zero-order chi connectivity index (χ0) is 24.8. The van der Waals surface area contributed by atoms with Gasteiger partial charge in [-0.2, -0.15) is 0 Å². The Morgan fingerprint density at radius 2 is 1.34 bits per heavy atom. The van der Waals surface area contributed by atoms with Gasteiger partial charge in [0.05, 0.1) is 5.69 Å². The number of aromatic nitrogens is 1. The Bertz CT molecular complexity index is 774. The van der Waals surface area contributed by atoms with Crippen LogP contribution in [0.15, 0.2) is 72.9 Å². The van der Waals surface area contributed by atoms with Gasteiger partial charge in [-0.1, -0.05) is 97.9 Å². The van der Waals surface area contributed by atoms with Gasteiger partial charge in [0.15, 0.2) is 0 Å². The van der Waals surface area contributed by atoms with Crippen LogP contribution in [0.2, 0.25) is 0 Å². The molecule has 3 rings (SSSR count). The average Bonchev–Trinajstić information content (AvgIpc) is 2.90. The van der Waals surface area contributed by atoms with E-state index in [-0.39, 0.29) is 6.04 Å². The van der Waals surface area contributed by atoms with Crippen LogP contribution in [-0.4, -0.2) is 4.98 Å². The van der Waals surface area contributed by atoms with Crippen LogP contribution >= 0.6 is 0 Å². The topological polar surface area (TPSA) is 60.2 Å². The van der Waals surface area contributed by atoms with Gasteiger partial charge in [-0.05, 0) is 42.3 Å². The summed E-state index contributed by atoms with van der Waals surface area (Å²) in [6.45, 7) is 18.7. The van der Waals surface area contributed by atoms with Gasteiger partial charge < -0.3 is 15.8 Å². The molecule has 0 spiro atoms. The van der Waals surface area contributed by atoms with E-state index in [0.29, 0.717) is 12.4 Å². The van der Waals surface area contributed by atoms with Crippen molar-refractivity contribution in [2.24, 2.45) is 0 Å². The molecule has 4 nitrogen and oxygen atoms in total. The molecule has 1 aromatic heterocycles. The first kappa shape index (κ1) is 31.2. The van der Waals surface area contributed by atoms with Crippen LogP contribution in [0.1, 0.15) is 79.5 Å². The monoisotopic (exact) mass is 439 g/mol. The molecule has 0 saturated heterocycles. The molecule has 0 aliphatic rings. The lowest BCUT2D eigenvalue weighted by Gasteiger charge is -2.17. The minimum atomic E-state index is 0.125. The summed E-state index contributed by atoms with van der Waals surface area (Å²) in [7, 11) is 0. The van der Waals surface area contributed by atoms with Crippen LogP contribution in [0.3, 0.4) is 0 Å². The third-order valence-corrected chi connectivity index (χ3v) is 3.84. The van der Waals surface area contributed by atoms with Crippen molar-refractivity contribution in [1.29, 1.82) is 0 Å². The summed E-state index contributed by atoms with van der Waals surface area (Å²) in [5, 5.41) is 3.38. The SMILES string of the molecule is CC.CC.CC.CC.CC(Nc1cccnc1N)c1ccc(OCc2ccccc2)cc1. The lowest BCUT2D eigenvalue weighted by atomic mass is 10.1. The van der Waals surface area contributed by atoms with Gasteiger partial charge in [0.25, 0.3) is 0 Å². The van der Waals surface area contributed by atoms with Crippen molar-refractivity contribution in [3.05, 3.63) is 84.1 Å². The van der Waals surface area contributed by atoms with E-state index < -0.39 is 0 Å². The van der Waals surface area contributed by atoms with E-state index in [9.17, 15) is 0 Å². The smallest absolute Gasteiger partial charge is 0.146 e. The third kappa shape index (κ3) is 12.0. The number of rotatable bonds is 6. The molecule has 32 heavy (non-hydrogen) atoms. The number of hydrogen-bond donors (Lipinski definition) is 2. The number of pyridine rings is 1. The van der Waals surface area contributed by atoms with Gasteiger partial charge in [0.2, 0.25) is 0 Å². The fraction of sp³-hybridized carbons (Fsp3) is 0.393. The van der Waals surface area contributed by atoms with E-state index in [1.165, 1.54) is 0 Å². The first-order valence-corrected chi connectivity index (χ1v) is 12.0. The van der Waals surface area contributed by atoms with Gasteiger partial charge in [-0.15, -0.1) is 0 Å². The van der Waals surface area contributed by atoms with Gasteiger partial charge >= 0.3 is 0 Å². The number of nitrogens with two attached hydrogens (primary N) is 1. The zero-order valence-electron chi connectivity index (χ0n) is 21.6. The second kappa shape index (κ2) is 21.2. The molecule has 0 radical (unpaired) electrons. The van der Waals surface area contributed by atoms with Crippen molar-refractivity contribution in [2.45, 2.75) is 75.0 Å². The fourth-order valence-corrected chi connectivity index (χ4v) is 2.45. The maximum atomic E-state index is 5.87. The molecule has 178 valence electrons. The van der Waals surface area contributed by atoms with Gasteiger partial charge in [-0.25, -0.2) is 4.98 Å². The van der Waals surface area contributed by atoms with Crippen LogP contribution < -0.4 is 15.8 Å². The normalized spacial score (nSPS) is 9.53. The molecular weight excluding hydrogens is 394 g/mol. The molecular formula is C28H45N3O. The summed E-state index contributed by atoms with van der Waals surface area (Å²) >= 11 is 0. The van der Waals surface area contributed by atoms with E-state index in [2.05, 4.69) is 41.5 Å². The molecule has 0 bridgehead atoms. The summed E-state index contributed by atoms with van der Waals surface area (Å²) < 4.78 is 5.81. The van der Waals surface area contributed by atoms with E-state index in [4.69, 9.17) is 10.5 Å². The molecule has 1 unspecified atom stereocenters. The summed E-state index contributed by atoms with van der Waals surface area (Å²) in [6, 6.07) is 22.2. The van der Waals surface area contributed by atoms with Crippen molar-refractivity contribution in [2.75, 3.05) is 11.1 Å². The van der Waals surface area contributed by atoms with Crippen molar-refractivity contribution >= 4 is 11.5 Å². The first-order chi connectivity index (χ1) is 15.7. The molecule has 4 heteroatoms. The maximum Gasteiger partial charge on any atom is 0.146 e. The summed E-state index contributed by atoms with van der Waals surface area (Å²) in [5.74, 6) is 1.36. The Morgan fingerprint density at radius 3 is 1.88 bits per heavy atom. The van der Waals surface area contributed by atoms with E-state index in [1.807, 2.05) is 97.9 Å². The molecule has 0 saturated carbocycles. The molecule has 1 heterocycles. The quantitative estimate of drug-likeness (QED) is 0.404. The van der Waals surface area contributed by atoms with E-state index in [1.54, 1.807) is 6.20 Å². The Morgan fingerprint density at radius 1 is 0.781 bits per heavy atom. The van der Waals surface area contributed by atoms with Crippen LogP contribution in [-0.2, 0) is 6.61 Å². The van der Waals surface area contributed by atoms with Crippen molar-refractivity contribution in [3.63, 3.8) is 0 Å². The number of nitrogens with one attached hydrogen (secondary N) is 1. The average molecular weight is 440 g/mol. The lowest BCUT2D eigenvalue weighted by molar-refractivity contribution is 0.306. The highest BCUT2D eigenvalue weighted by Crippen LogP contribution is 2.24. The molecule has 0 aliphatic carbocycles. The number of benzene rings is 2. The summed E-state index contributed by atoms with van der Waals surface area (Å²) in [5.41, 5.74) is 9.03. The minimum absolute atomic E-state index is 0.125. The molecule has 0 aliphatic heterocycles. The molecule has 2 aromatic carbocycles. The molecule has 1 atom stereocenters. The number of nitrogens with zero attached hydrogens (tertiary/aromatic N) is 1. The van der Waals surface area contributed by atoms with Gasteiger partial charge in [-0.3, -0.25) is 0 Å². The summed E-state index contributed by atoms with van der Waals surface area (Å²) in [4.78, 5) is 4.09. The molecule has 0 amide bonds. The minimum Gasteiger partial charge on any atom is -0.489 e. The first-order valence-electron chi connectivity index (χ1n) is 12.0. The Hall–Kier alpha value is -3.01. The number of hydrogen-bond acceptors (Lipinski definition) is 4. The third-order valence-electron chi connectivity index (χ3n) is 3.84. The Kier molecular flexibility index (Phi) is 20.7. The lowest BCUT2D eigenvalue weighted by Crippen LogP contribution is -2.09. The molecule has 0 fully saturated rings. The van der Waals surface area contributed by atoms with E-state index in [0.717, 1.165) is 22.6 Å². The second-order valence-corrected chi connectivity index (χ2v) is 5.65. The Labute approximate surface area is 197 Å². The highest BCUT2D eigenvalue weighted by atomic mass is 16.5. The second-order valence-electron chi connectivity index (χ2n) is 5.65. The van der Waals surface area contributed by atoms with Crippen molar-refractivity contribution in [3.8, 4) is 5.75 Å². The van der Waals surface area contributed by atoms with Crippen LogP contribution in [0, 0.1) is 0 Å². The summed E-state index contributed by atoms with van der Waals surface area (Å²) in [6.07, 6.45) is 1.68. The van der Waals surface area contributed by atoms with E-state index >= 15 is 0 Å². The number of anilines is 2. The van der Waals surface area contributed by atoms with Crippen molar-refractivity contribution < 1.29 is 4.74 Å². The number of ether oxygens (including phenoxy) is 1. The highest BCUT2D eigenvalue weighted by Gasteiger charge is 2.08. The Balaban J connectivity index is 0. The highest BCUT2D eigenvalue weighted by molar-refractivity contribution is 5.61. The van der Waals surface area contributed by atoms with Crippen LogP contribution in [0.5, 0.6) is 5.75 Å². The predicted molar refractivity (Wildman–Crippen MR) is 143 cm³/mol. The van der Waals surface area contributed by atoms with Crippen LogP contribution in [0.25, 0.3) is 0 Å². The van der Waals surface area contributed by atoms with Gasteiger partial charge in [0.1, 0.15) is 18.2 Å². The zero-order valence-corrected chi connectivity index (χ0v) is 21.6. The van der Waals surface area contributed by atoms with Crippen LogP contribution in [0.4, 0.5) is 11.5 Å². The molecule has 3 aromatic rings. The standard InChI is InChI=1S/C20H21N3O.4C2H6/c1-15(23-19-8-5-13-22-20(19)21)17-9-11-18(12-10-17)24-14-16-6-3-2-4-7-16;4*1-2/h2-13,15,23H,14H2,1H3,(H2,21,22);4*1-2H3. The van der Waals surface area contributed by atoms with Gasteiger partial charge in [0, 0.05) is 12.2 Å². The predicted octanol–water partition coefficient (Wildman–Crippen LogP) is 8.52. The number of nitrogen functional groups attached to an aromatic ring is 1. The molecule has 3 N–H and O–H groups in total. The largest absolute Gasteiger partial charge is 0.489 e. The fourth-order valence-electron chi connectivity index (χ4n) is 2.45.